The van der Waals surface area contributed by atoms with Gasteiger partial charge in [0.05, 0.1) is 0 Å². The molecule has 2 rings (SSSR count). The minimum absolute atomic E-state index is 0.200. The van der Waals surface area contributed by atoms with Crippen LogP contribution in [0.15, 0.2) is 22.7 Å². The van der Waals surface area contributed by atoms with Gasteiger partial charge in [0.1, 0.15) is 23.2 Å². The van der Waals surface area contributed by atoms with E-state index in [1.807, 2.05) is 25.3 Å². The molecule has 0 saturated carbocycles. The minimum atomic E-state index is -0.314. The Morgan fingerprint density at radius 1 is 1.42 bits per heavy atom. The molecule has 0 atom stereocenters. The molecule has 0 unspecified atom stereocenters. The van der Waals surface area contributed by atoms with Crippen LogP contribution < -0.4 is 5.73 Å². The molecule has 19 heavy (non-hydrogen) atoms. The van der Waals surface area contributed by atoms with Crippen LogP contribution in [0, 0.1) is 5.82 Å². The molecule has 0 fully saturated rings. The number of nitrogens with two attached hydrogens (primary N) is 1. The van der Waals surface area contributed by atoms with Gasteiger partial charge in [0.15, 0.2) is 0 Å². The first-order valence-corrected chi connectivity index (χ1v) is 7.07. The lowest BCUT2D eigenvalue weighted by atomic mass is 10.1. The third kappa shape index (κ3) is 2.52. The molecule has 0 bridgehead atoms. The number of aryl methyl sites for hydroxylation is 1. The zero-order valence-electron chi connectivity index (χ0n) is 11.2. The van der Waals surface area contributed by atoms with Crippen molar-refractivity contribution in [2.75, 3.05) is 5.73 Å². The summed E-state index contributed by atoms with van der Waals surface area (Å²) in [5.74, 6) is 1.08. The first-order chi connectivity index (χ1) is 8.95. The highest BCUT2D eigenvalue weighted by atomic mass is 79.9. The molecule has 0 amide bonds. The third-order valence-electron chi connectivity index (χ3n) is 3.04. The maximum absolute atomic E-state index is 14.0. The molecular formula is C14H17BrFN3. The van der Waals surface area contributed by atoms with Crippen molar-refractivity contribution in [3.05, 3.63) is 34.3 Å². The molecular weight excluding hydrogens is 309 g/mol. The number of anilines is 1. The van der Waals surface area contributed by atoms with E-state index in [1.54, 1.807) is 12.1 Å². The molecule has 0 spiro atoms. The second-order valence-corrected chi connectivity index (χ2v) is 5.62. The number of hydrogen-bond acceptors (Lipinski definition) is 2. The fourth-order valence-corrected chi connectivity index (χ4v) is 2.56. The Balaban J connectivity index is 2.66. The number of benzene rings is 1. The van der Waals surface area contributed by atoms with Gasteiger partial charge in [-0.05, 0) is 32.0 Å². The molecule has 0 radical (unpaired) electrons. The summed E-state index contributed by atoms with van der Waals surface area (Å²) < 4.78 is 16.7. The summed E-state index contributed by atoms with van der Waals surface area (Å²) in [4.78, 5) is 4.50. The highest BCUT2D eigenvalue weighted by Gasteiger charge is 2.19. The zero-order chi connectivity index (χ0) is 14.2. The third-order valence-corrected chi connectivity index (χ3v) is 3.53. The number of halogens is 2. The SMILES string of the molecule is CCc1nc(-c2cc(Br)ccc2F)c(N)n1C(C)C. The lowest BCUT2D eigenvalue weighted by Gasteiger charge is -2.12. The van der Waals surface area contributed by atoms with Crippen molar-refractivity contribution in [2.45, 2.75) is 33.2 Å². The first kappa shape index (κ1) is 14.1. The number of nitrogen functional groups attached to an aromatic ring is 1. The van der Waals surface area contributed by atoms with E-state index in [2.05, 4.69) is 20.9 Å². The van der Waals surface area contributed by atoms with Gasteiger partial charge in [-0.25, -0.2) is 9.37 Å². The van der Waals surface area contributed by atoms with Crippen LogP contribution in [0.5, 0.6) is 0 Å². The van der Waals surface area contributed by atoms with Gasteiger partial charge in [0, 0.05) is 22.5 Å². The van der Waals surface area contributed by atoms with Gasteiger partial charge in [0.2, 0.25) is 0 Å². The Labute approximate surface area is 120 Å². The molecule has 5 heteroatoms. The normalized spacial score (nSPS) is 11.3. The summed E-state index contributed by atoms with van der Waals surface area (Å²) in [6.45, 7) is 6.10. The Morgan fingerprint density at radius 3 is 2.63 bits per heavy atom. The fraction of sp³-hybridized carbons (Fsp3) is 0.357. The molecule has 2 N–H and O–H groups in total. The molecule has 0 saturated heterocycles. The topological polar surface area (TPSA) is 43.8 Å². The average molecular weight is 326 g/mol. The molecule has 0 aliphatic heterocycles. The van der Waals surface area contributed by atoms with Gasteiger partial charge in [-0.3, -0.25) is 0 Å². The van der Waals surface area contributed by atoms with E-state index in [4.69, 9.17) is 5.73 Å². The number of rotatable bonds is 3. The molecule has 1 aromatic carbocycles. The van der Waals surface area contributed by atoms with E-state index in [-0.39, 0.29) is 11.9 Å². The fourth-order valence-electron chi connectivity index (χ4n) is 2.20. The van der Waals surface area contributed by atoms with E-state index in [0.29, 0.717) is 17.1 Å². The summed E-state index contributed by atoms with van der Waals surface area (Å²) in [5, 5.41) is 0. The number of hydrogen-bond donors (Lipinski definition) is 1. The summed E-state index contributed by atoms with van der Waals surface area (Å²) in [6, 6.07) is 4.98. The predicted molar refractivity (Wildman–Crippen MR) is 79.5 cm³/mol. The molecule has 0 aliphatic carbocycles. The van der Waals surface area contributed by atoms with Crippen LogP contribution in [-0.4, -0.2) is 9.55 Å². The van der Waals surface area contributed by atoms with Crippen LogP contribution in [0.4, 0.5) is 10.2 Å². The molecule has 1 aromatic heterocycles. The van der Waals surface area contributed by atoms with Gasteiger partial charge in [0.25, 0.3) is 0 Å². The average Bonchev–Trinajstić information content (AvgIpc) is 2.69. The van der Waals surface area contributed by atoms with Crippen molar-refractivity contribution < 1.29 is 4.39 Å². The van der Waals surface area contributed by atoms with Gasteiger partial charge < -0.3 is 10.3 Å². The van der Waals surface area contributed by atoms with Crippen LogP contribution in [-0.2, 0) is 6.42 Å². The number of aromatic nitrogens is 2. The Kier molecular flexibility index (Phi) is 3.94. The first-order valence-electron chi connectivity index (χ1n) is 6.27. The van der Waals surface area contributed by atoms with E-state index in [9.17, 15) is 4.39 Å². The van der Waals surface area contributed by atoms with Crippen molar-refractivity contribution in [1.82, 2.24) is 9.55 Å². The van der Waals surface area contributed by atoms with Crippen molar-refractivity contribution in [3.8, 4) is 11.3 Å². The molecule has 1 heterocycles. The molecule has 3 nitrogen and oxygen atoms in total. The zero-order valence-corrected chi connectivity index (χ0v) is 12.8. The maximum Gasteiger partial charge on any atom is 0.132 e. The van der Waals surface area contributed by atoms with Crippen molar-refractivity contribution in [3.63, 3.8) is 0 Å². The predicted octanol–water partition coefficient (Wildman–Crippen LogP) is 4.18. The van der Waals surface area contributed by atoms with E-state index >= 15 is 0 Å². The minimum Gasteiger partial charge on any atom is -0.383 e. The summed E-state index contributed by atoms with van der Waals surface area (Å²) in [5.41, 5.74) is 7.10. The number of nitrogens with zero attached hydrogens (tertiary/aromatic N) is 2. The van der Waals surface area contributed by atoms with Crippen LogP contribution in [0.3, 0.4) is 0 Å². The van der Waals surface area contributed by atoms with Crippen molar-refractivity contribution >= 4 is 21.7 Å². The lowest BCUT2D eigenvalue weighted by Crippen LogP contribution is -2.09. The van der Waals surface area contributed by atoms with Gasteiger partial charge >= 0.3 is 0 Å². The van der Waals surface area contributed by atoms with Crippen LogP contribution >= 0.6 is 15.9 Å². The Bertz CT molecular complexity index is 605. The van der Waals surface area contributed by atoms with E-state index in [0.717, 1.165) is 16.7 Å². The van der Waals surface area contributed by atoms with Crippen LogP contribution in [0.1, 0.15) is 32.6 Å². The highest BCUT2D eigenvalue weighted by Crippen LogP contribution is 2.32. The van der Waals surface area contributed by atoms with E-state index < -0.39 is 0 Å². The monoisotopic (exact) mass is 325 g/mol. The lowest BCUT2D eigenvalue weighted by molar-refractivity contribution is 0.579. The quantitative estimate of drug-likeness (QED) is 0.920. The van der Waals surface area contributed by atoms with Gasteiger partial charge in [-0.2, -0.15) is 0 Å². The second kappa shape index (κ2) is 5.33. The van der Waals surface area contributed by atoms with Crippen molar-refractivity contribution in [2.24, 2.45) is 0 Å². The second-order valence-electron chi connectivity index (χ2n) is 4.70. The van der Waals surface area contributed by atoms with Gasteiger partial charge in [-0.1, -0.05) is 22.9 Å². The largest absolute Gasteiger partial charge is 0.383 e. The maximum atomic E-state index is 14.0. The summed E-state index contributed by atoms with van der Waals surface area (Å²) in [6.07, 6.45) is 0.762. The van der Waals surface area contributed by atoms with E-state index in [1.165, 1.54) is 6.07 Å². The Morgan fingerprint density at radius 2 is 2.11 bits per heavy atom. The highest BCUT2D eigenvalue weighted by molar-refractivity contribution is 9.10. The molecule has 2 aromatic rings. The summed E-state index contributed by atoms with van der Waals surface area (Å²) in [7, 11) is 0. The van der Waals surface area contributed by atoms with Crippen LogP contribution in [0.25, 0.3) is 11.3 Å². The van der Waals surface area contributed by atoms with Crippen molar-refractivity contribution in [1.29, 1.82) is 0 Å². The van der Waals surface area contributed by atoms with Gasteiger partial charge in [-0.15, -0.1) is 0 Å². The summed E-state index contributed by atoms with van der Waals surface area (Å²) >= 11 is 3.35. The molecule has 102 valence electrons. The number of imidazole rings is 1. The smallest absolute Gasteiger partial charge is 0.132 e. The molecule has 0 aliphatic rings. The van der Waals surface area contributed by atoms with Crippen LogP contribution in [0.2, 0.25) is 0 Å². The Hall–Kier alpha value is -1.36. The standard InChI is InChI=1S/C14H17BrFN3/c1-4-12-18-13(14(17)19(12)8(2)3)10-7-9(15)5-6-11(10)16/h5-8H,4,17H2,1-3H3.